The number of esters is 1. The summed E-state index contributed by atoms with van der Waals surface area (Å²) < 4.78 is 5.02. The second-order valence-corrected chi connectivity index (χ2v) is 6.37. The van der Waals surface area contributed by atoms with Gasteiger partial charge < -0.3 is 15.8 Å². The fourth-order valence-corrected chi connectivity index (χ4v) is 2.68. The van der Waals surface area contributed by atoms with Gasteiger partial charge in [0.05, 0.1) is 11.3 Å². The van der Waals surface area contributed by atoms with Crippen molar-refractivity contribution in [3.05, 3.63) is 102 Å². The van der Waals surface area contributed by atoms with E-state index >= 15 is 0 Å². The average molecular weight is 416 g/mol. The Morgan fingerprint density at radius 3 is 1.84 bits per heavy atom. The molecular formula is C23H20N4O4. The van der Waals surface area contributed by atoms with E-state index in [4.69, 9.17) is 10.5 Å². The number of ether oxygens (including phenoxy) is 1. The smallest absolute Gasteiger partial charge is 0.338 e. The van der Waals surface area contributed by atoms with Crippen LogP contribution in [-0.2, 0) is 9.53 Å². The van der Waals surface area contributed by atoms with Gasteiger partial charge in [-0.05, 0) is 24.3 Å². The Balaban J connectivity index is 1.61. The van der Waals surface area contributed by atoms with Crippen LogP contribution < -0.4 is 16.5 Å². The monoisotopic (exact) mass is 416 g/mol. The third-order valence-corrected chi connectivity index (χ3v) is 4.11. The van der Waals surface area contributed by atoms with Crippen molar-refractivity contribution >= 4 is 29.3 Å². The van der Waals surface area contributed by atoms with E-state index in [1.54, 1.807) is 0 Å². The minimum absolute atomic E-state index is 0.223. The van der Waals surface area contributed by atoms with Crippen LogP contribution in [0.3, 0.4) is 0 Å². The van der Waals surface area contributed by atoms with Crippen LogP contribution in [0.15, 0.2) is 90.0 Å². The summed E-state index contributed by atoms with van der Waals surface area (Å²) >= 11 is 0. The van der Waals surface area contributed by atoms with Crippen molar-refractivity contribution < 1.29 is 19.1 Å². The summed E-state index contributed by atoms with van der Waals surface area (Å²) in [6.45, 7) is -0.500. The van der Waals surface area contributed by atoms with E-state index in [-0.39, 0.29) is 5.56 Å². The average Bonchev–Trinajstić information content (AvgIpc) is 2.79. The molecule has 8 nitrogen and oxygen atoms in total. The number of hydrogen-bond donors (Lipinski definition) is 3. The Hall–Kier alpha value is -4.46. The first-order chi connectivity index (χ1) is 15.0. The van der Waals surface area contributed by atoms with Crippen LogP contribution in [0.5, 0.6) is 0 Å². The molecular weight excluding hydrogens is 396 g/mol. The van der Waals surface area contributed by atoms with Crippen LogP contribution >= 0.6 is 0 Å². The van der Waals surface area contributed by atoms with Crippen molar-refractivity contribution in [1.82, 2.24) is 5.43 Å². The first-order valence-corrected chi connectivity index (χ1v) is 9.34. The SMILES string of the molecule is NC(=O)Nc1ccc(C(=O)OCC(=O)NN=C(c2ccccc2)c2ccccc2)cc1. The largest absolute Gasteiger partial charge is 0.452 e. The first kappa shape index (κ1) is 21.3. The molecule has 0 aliphatic heterocycles. The number of hydrazone groups is 1. The maximum Gasteiger partial charge on any atom is 0.338 e. The van der Waals surface area contributed by atoms with Gasteiger partial charge in [-0.25, -0.2) is 15.0 Å². The van der Waals surface area contributed by atoms with Gasteiger partial charge in [-0.3, -0.25) is 4.79 Å². The molecule has 0 fully saturated rings. The molecule has 0 unspecified atom stereocenters. The van der Waals surface area contributed by atoms with E-state index in [0.717, 1.165) is 11.1 Å². The van der Waals surface area contributed by atoms with E-state index in [1.807, 2.05) is 60.7 Å². The zero-order valence-corrected chi connectivity index (χ0v) is 16.4. The highest BCUT2D eigenvalue weighted by atomic mass is 16.5. The van der Waals surface area contributed by atoms with Crippen LogP contribution in [-0.4, -0.2) is 30.2 Å². The number of primary amides is 1. The molecule has 0 radical (unpaired) electrons. The topological polar surface area (TPSA) is 123 Å². The number of rotatable bonds is 7. The van der Waals surface area contributed by atoms with E-state index in [1.165, 1.54) is 24.3 Å². The molecule has 0 aliphatic rings. The molecule has 3 aromatic carbocycles. The summed E-state index contributed by atoms with van der Waals surface area (Å²) in [5, 5.41) is 6.61. The number of carbonyl (C=O) groups excluding carboxylic acids is 3. The number of nitrogens with zero attached hydrogens (tertiary/aromatic N) is 1. The van der Waals surface area contributed by atoms with Gasteiger partial charge in [-0.1, -0.05) is 60.7 Å². The molecule has 0 heterocycles. The lowest BCUT2D eigenvalue weighted by Gasteiger charge is -2.08. The predicted molar refractivity (Wildman–Crippen MR) is 117 cm³/mol. The minimum Gasteiger partial charge on any atom is -0.452 e. The lowest BCUT2D eigenvalue weighted by Crippen LogP contribution is -2.26. The Morgan fingerprint density at radius 1 is 0.774 bits per heavy atom. The maximum atomic E-state index is 12.2. The van der Waals surface area contributed by atoms with Gasteiger partial charge in [0, 0.05) is 16.8 Å². The number of hydrogen-bond acceptors (Lipinski definition) is 5. The third-order valence-electron chi connectivity index (χ3n) is 4.11. The highest BCUT2D eigenvalue weighted by Gasteiger charge is 2.12. The molecule has 0 spiro atoms. The van der Waals surface area contributed by atoms with Gasteiger partial charge in [-0.2, -0.15) is 5.10 Å². The maximum absolute atomic E-state index is 12.2. The molecule has 0 bridgehead atoms. The van der Waals surface area contributed by atoms with Crippen molar-refractivity contribution in [1.29, 1.82) is 0 Å². The standard InChI is InChI=1S/C23H20N4O4/c24-23(30)25-19-13-11-18(12-14-19)22(29)31-15-20(28)26-27-21(16-7-3-1-4-8-16)17-9-5-2-6-10-17/h1-14H,15H2,(H,26,28)(H3,24,25,30). The van der Waals surface area contributed by atoms with Crippen molar-refractivity contribution in [2.24, 2.45) is 10.8 Å². The predicted octanol–water partition coefficient (Wildman–Crippen LogP) is 2.90. The normalized spacial score (nSPS) is 9.94. The fraction of sp³-hybridized carbons (Fsp3) is 0.0435. The first-order valence-electron chi connectivity index (χ1n) is 9.34. The minimum atomic E-state index is -0.710. The van der Waals surface area contributed by atoms with Crippen LogP contribution in [0.2, 0.25) is 0 Å². The fourth-order valence-electron chi connectivity index (χ4n) is 2.68. The molecule has 31 heavy (non-hydrogen) atoms. The van der Waals surface area contributed by atoms with Gasteiger partial charge in [-0.15, -0.1) is 0 Å². The van der Waals surface area contributed by atoms with Gasteiger partial charge in [0.2, 0.25) is 0 Å². The molecule has 0 saturated heterocycles. The van der Waals surface area contributed by atoms with Crippen LogP contribution in [0.4, 0.5) is 10.5 Å². The number of nitrogens with two attached hydrogens (primary N) is 1. The number of urea groups is 1. The van der Waals surface area contributed by atoms with Crippen LogP contribution in [0, 0.1) is 0 Å². The number of anilines is 1. The van der Waals surface area contributed by atoms with E-state index in [2.05, 4.69) is 15.8 Å². The van der Waals surface area contributed by atoms with Crippen molar-refractivity contribution in [3.63, 3.8) is 0 Å². The Bertz CT molecular complexity index is 1040. The summed E-state index contributed by atoms with van der Waals surface area (Å²) in [6.07, 6.45) is 0. The van der Waals surface area contributed by atoms with Crippen molar-refractivity contribution in [3.8, 4) is 0 Å². The Kier molecular flexibility index (Phi) is 7.10. The number of nitrogens with one attached hydrogen (secondary N) is 2. The Labute approximate surface area is 178 Å². The third kappa shape index (κ3) is 6.26. The van der Waals surface area contributed by atoms with Gasteiger partial charge in [0.1, 0.15) is 0 Å². The summed E-state index contributed by atoms with van der Waals surface area (Å²) in [5.41, 5.74) is 10.4. The number of amides is 3. The number of carbonyl (C=O) groups is 3. The molecule has 0 atom stereocenters. The summed E-state index contributed by atoms with van der Waals surface area (Å²) in [7, 11) is 0. The van der Waals surface area contributed by atoms with E-state index in [0.29, 0.717) is 11.4 Å². The van der Waals surface area contributed by atoms with Gasteiger partial charge >= 0.3 is 12.0 Å². The number of benzene rings is 3. The molecule has 156 valence electrons. The van der Waals surface area contributed by atoms with E-state index < -0.39 is 24.5 Å². The molecule has 3 rings (SSSR count). The van der Waals surface area contributed by atoms with Gasteiger partial charge in [0.15, 0.2) is 6.61 Å². The molecule has 0 aliphatic carbocycles. The molecule has 0 saturated carbocycles. The zero-order valence-electron chi connectivity index (χ0n) is 16.4. The molecule has 3 amide bonds. The summed E-state index contributed by atoms with van der Waals surface area (Å²) in [5.74, 6) is -1.26. The Morgan fingerprint density at radius 2 is 1.32 bits per heavy atom. The quantitative estimate of drug-likeness (QED) is 0.311. The lowest BCUT2D eigenvalue weighted by molar-refractivity contribution is -0.124. The molecule has 8 heteroatoms. The van der Waals surface area contributed by atoms with Crippen molar-refractivity contribution in [2.45, 2.75) is 0 Å². The highest BCUT2D eigenvalue weighted by Crippen LogP contribution is 2.11. The zero-order chi connectivity index (χ0) is 22.1. The second kappa shape index (κ2) is 10.4. The van der Waals surface area contributed by atoms with Gasteiger partial charge in [0.25, 0.3) is 5.91 Å². The molecule has 0 aromatic heterocycles. The highest BCUT2D eigenvalue weighted by molar-refractivity contribution is 6.13. The van der Waals surface area contributed by atoms with E-state index in [9.17, 15) is 14.4 Å². The molecule has 4 N–H and O–H groups in total. The summed E-state index contributed by atoms with van der Waals surface area (Å²) in [4.78, 5) is 35.1. The van der Waals surface area contributed by atoms with Crippen LogP contribution in [0.25, 0.3) is 0 Å². The second-order valence-electron chi connectivity index (χ2n) is 6.37. The lowest BCUT2D eigenvalue weighted by atomic mass is 10.0. The molecule has 3 aromatic rings. The van der Waals surface area contributed by atoms with Crippen LogP contribution in [0.1, 0.15) is 21.5 Å². The summed E-state index contributed by atoms with van der Waals surface area (Å²) in [6, 6.07) is 24.0. The van der Waals surface area contributed by atoms with Crippen molar-refractivity contribution in [2.75, 3.05) is 11.9 Å².